The first-order valence-electron chi connectivity index (χ1n) is 8.62. The molecule has 4 rings (SSSR count). The maximum atomic E-state index is 13.0. The first-order valence-corrected chi connectivity index (χ1v) is 8.62. The monoisotopic (exact) mass is 351 g/mol. The molecule has 1 saturated heterocycles. The number of likely N-dealkylation sites (tertiary alicyclic amines) is 1. The van der Waals surface area contributed by atoms with E-state index in [4.69, 9.17) is 4.74 Å². The third-order valence-corrected chi connectivity index (χ3v) is 5.99. The van der Waals surface area contributed by atoms with Crippen LogP contribution in [0.4, 0.5) is 13.2 Å². The Morgan fingerprint density at radius 3 is 2.84 bits per heavy atom. The number of hydrogen-bond donors (Lipinski definition) is 0. The zero-order chi connectivity index (χ0) is 17.8. The van der Waals surface area contributed by atoms with Gasteiger partial charge in [0.05, 0.1) is 13.2 Å². The number of piperidine rings is 1. The van der Waals surface area contributed by atoms with Crippen molar-refractivity contribution in [2.45, 2.75) is 49.7 Å². The van der Waals surface area contributed by atoms with Gasteiger partial charge in [0.15, 0.2) is 0 Å². The molecule has 0 aromatic heterocycles. The van der Waals surface area contributed by atoms with Crippen LogP contribution in [-0.2, 0) is 16.6 Å². The van der Waals surface area contributed by atoms with Gasteiger partial charge >= 0.3 is 12.1 Å². The van der Waals surface area contributed by atoms with E-state index in [2.05, 4.69) is 6.08 Å². The van der Waals surface area contributed by atoms with Crippen LogP contribution in [0, 0.1) is 0 Å². The van der Waals surface area contributed by atoms with Crippen LogP contribution in [0.2, 0.25) is 0 Å². The van der Waals surface area contributed by atoms with E-state index in [-0.39, 0.29) is 12.0 Å². The van der Waals surface area contributed by atoms with Gasteiger partial charge in [0.1, 0.15) is 5.75 Å². The smallest absolute Gasteiger partial charge is 0.471 e. The number of fused-ring (bicyclic) bond motifs is 1. The highest BCUT2D eigenvalue weighted by Gasteiger charge is 2.54. The molecule has 1 aliphatic heterocycles. The quantitative estimate of drug-likeness (QED) is 0.721. The molecule has 3 aliphatic rings. The lowest BCUT2D eigenvalue weighted by Gasteiger charge is -2.55. The largest absolute Gasteiger partial charge is 0.497 e. The number of carbonyl (C=O) groups excluding carboxylic acids is 1. The Labute approximate surface area is 144 Å². The van der Waals surface area contributed by atoms with Crippen LogP contribution >= 0.6 is 0 Å². The molecule has 0 N–H and O–H groups in total. The van der Waals surface area contributed by atoms with Gasteiger partial charge in [-0.1, -0.05) is 12.1 Å². The second-order valence-electron chi connectivity index (χ2n) is 7.12. The molecule has 2 unspecified atom stereocenters. The van der Waals surface area contributed by atoms with Gasteiger partial charge in [0, 0.05) is 12.0 Å². The van der Waals surface area contributed by atoms with Gasteiger partial charge in [-0.05, 0) is 60.9 Å². The van der Waals surface area contributed by atoms with Crippen LogP contribution in [0.1, 0.15) is 36.8 Å². The van der Waals surface area contributed by atoms with Crippen molar-refractivity contribution in [3.05, 3.63) is 41.0 Å². The fraction of sp³-hybridized carbons (Fsp3) is 0.526. The molecular weight excluding hydrogens is 331 g/mol. The second-order valence-corrected chi connectivity index (χ2v) is 7.12. The molecule has 1 aromatic carbocycles. The molecule has 2 bridgehead atoms. The molecule has 1 fully saturated rings. The summed E-state index contributed by atoms with van der Waals surface area (Å²) in [7, 11) is 1.62. The maximum absolute atomic E-state index is 13.0. The van der Waals surface area contributed by atoms with Crippen LogP contribution in [0.15, 0.2) is 29.8 Å². The number of carbonyl (C=O) groups is 1. The molecule has 0 saturated carbocycles. The van der Waals surface area contributed by atoms with Crippen LogP contribution in [0.3, 0.4) is 0 Å². The first-order chi connectivity index (χ1) is 11.9. The van der Waals surface area contributed by atoms with Gasteiger partial charge in [-0.2, -0.15) is 13.2 Å². The number of halogens is 3. The highest BCUT2D eigenvalue weighted by atomic mass is 19.4. The minimum absolute atomic E-state index is 0.150. The van der Waals surface area contributed by atoms with Gasteiger partial charge in [-0.3, -0.25) is 4.79 Å². The number of methoxy groups -OCH3 is 1. The van der Waals surface area contributed by atoms with Gasteiger partial charge in [-0.15, -0.1) is 0 Å². The fourth-order valence-corrected chi connectivity index (χ4v) is 4.93. The molecule has 0 spiro atoms. The summed E-state index contributed by atoms with van der Waals surface area (Å²) in [6.45, 7) is 0.150. The number of alkyl halides is 3. The molecule has 1 heterocycles. The molecule has 3 nitrogen and oxygen atoms in total. The minimum atomic E-state index is -4.82. The molecule has 6 heteroatoms. The summed E-state index contributed by atoms with van der Waals surface area (Å²) in [6, 6.07) is 5.34. The van der Waals surface area contributed by atoms with Gasteiger partial charge in [0.25, 0.3) is 0 Å². The fourth-order valence-electron chi connectivity index (χ4n) is 4.93. The van der Waals surface area contributed by atoms with Crippen molar-refractivity contribution >= 4 is 5.91 Å². The predicted molar refractivity (Wildman–Crippen MR) is 86.5 cm³/mol. The standard InChI is InChI=1S/C19H20F3NO2/c1-25-13-6-5-12-10-16-14-4-2-3-7-18(14,15(12)11-13)8-9-23(16)17(24)19(20,21)22/h4-6,11,16H,2-3,7-10H2,1H3. The van der Waals surface area contributed by atoms with Gasteiger partial charge in [0.2, 0.25) is 0 Å². The van der Waals surface area contributed by atoms with E-state index in [0.717, 1.165) is 41.0 Å². The lowest BCUT2D eigenvalue weighted by atomic mass is 9.57. The Morgan fingerprint density at radius 1 is 1.32 bits per heavy atom. The second kappa shape index (κ2) is 5.51. The molecule has 2 atom stereocenters. The Hall–Kier alpha value is -1.98. The lowest BCUT2D eigenvalue weighted by Crippen LogP contribution is -2.59. The number of hydrogen-bond acceptors (Lipinski definition) is 2. The highest BCUT2D eigenvalue weighted by molar-refractivity contribution is 5.83. The van der Waals surface area contributed by atoms with E-state index in [1.807, 2.05) is 18.2 Å². The van der Waals surface area contributed by atoms with Crippen LogP contribution in [0.25, 0.3) is 0 Å². The zero-order valence-electron chi connectivity index (χ0n) is 14.0. The van der Waals surface area contributed by atoms with E-state index >= 15 is 0 Å². The Balaban J connectivity index is 1.83. The van der Waals surface area contributed by atoms with Gasteiger partial charge < -0.3 is 9.64 Å². The molecule has 0 radical (unpaired) electrons. The average Bonchev–Trinajstić information content (AvgIpc) is 2.60. The zero-order valence-corrected chi connectivity index (χ0v) is 14.0. The molecule has 1 amide bonds. The van der Waals surface area contributed by atoms with E-state index in [1.165, 1.54) is 5.56 Å². The summed E-state index contributed by atoms with van der Waals surface area (Å²) in [4.78, 5) is 13.0. The maximum Gasteiger partial charge on any atom is 0.471 e. The summed E-state index contributed by atoms with van der Waals surface area (Å²) >= 11 is 0. The number of rotatable bonds is 1. The topological polar surface area (TPSA) is 29.5 Å². The SMILES string of the molecule is COc1ccc2c(c1)C13CCCC=C1C(C2)N(C(=O)C(F)(F)F)CC3. The van der Waals surface area contributed by atoms with Crippen molar-refractivity contribution in [1.82, 2.24) is 4.90 Å². The van der Waals surface area contributed by atoms with Crippen molar-refractivity contribution < 1.29 is 22.7 Å². The third-order valence-electron chi connectivity index (χ3n) is 5.99. The predicted octanol–water partition coefficient (Wildman–Crippen LogP) is 3.76. The van der Waals surface area contributed by atoms with Crippen molar-refractivity contribution in [3.63, 3.8) is 0 Å². The molecule has 134 valence electrons. The molecule has 25 heavy (non-hydrogen) atoms. The van der Waals surface area contributed by atoms with E-state index in [9.17, 15) is 18.0 Å². The van der Waals surface area contributed by atoms with Gasteiger partial charge in [-0.25, -0.2) is 0 Å². The Morgan fingerprint density at radius 2 is 2.12 bits per heavy atom. The summed E-state index contributed by atoms with van der Waals surface area (Å²) in [5.41, 5.74) is 2.97. The van der Waals surface area contributed by atoms with Crippen LogP contribution in [0.5, 0.6) is 5.75 Å². The number of allylic oxidation sites excluding steroid dienone is 1. The van der Waals surface area contributed by atoms with Crippen molar-refractivity contribution in [3.8, 4) is 5.75 Å². The van der Waals surface area contributed by atoms with E-state index < -0.39 is 18.1 Å². The Bertz CT molecular complexity index is 756. The van der Waals surface area contributed by atoms with E-state index in [0.29, 0.717) is 12.8 Å². The van der Waals surface area contributed by atoms with Crippen molar-refractivity contribution in [2.75, 3.05) is 13.7 Å². The summed E-state index contributed by atoms with van der Waals surface area (Å²) in [5.74, 6) is -0.945. The molecule has 2 aliphatic carbocycles. The molecular formula is C19H20F3NO2. The van der Waals surface area contributed by atoms with E-state index in [1.54, 1.807) is 7.11 Å². The first kappa shape index (κ1) is 16.5. The summed E-state index contributed by atoms with van der Waals surface area (Å²) < 4.78 is 44.5. The third kappa shape index (κ3) is 2.37. The minimum Gasteiger partial charge on any atom is -0.497 e. The number of amides is 1. The summed E-state index contributed by atoms with van der Waals surface area (Å²) in [5, 5.41) is 0. The van der Waals surface area contributed by atoms with Crippen LogP contribution < -0.4 is 4.74 Å². The number of benzene rings is 1. The lowest BCUT2D eigenvalue weighted by molar-refractivity contribution is -0.188. The molecule has 1 aromatic rings. The normalized spacial score (nSPS) is 27.9. The number of nitrogens with zero attached hydrogens (tertiary/aromatic N) is 1. The highest BCUT2D eigenvalue weighted by Crippen LogP contribution is 2.54. The number of ether oxygens (including phenoxy) is 1. The summed E-state index contributed by atoms with van der Waals surface area (Å²) in [6.07, 6.45) is 1.03. The van der Waals surface area contributed by atoms with Crippen molar-refractivity contribution in [1.29, 1.82) is 0 Å². The average molecular weight is 351 g/mol. The van der Waals surface area contributed by atoms with Crippen molar-refractivity contribution in [2.24, 2.45) is 0 Å². The van der Waals surface area contributed by atoms with Crippen LogP contribution in [-0.4, -0.2) is 36.7 Å². The Kier molecular flexibility index (Phi) is 3.63.